The lowest BCUT2D eigenvalue weighted by atomic mass is 9.74. The Morgan fingerprint density at radius 1 is 0.808 bits per heavy atom. The molecule has 0 spiro atoms. The van der Waals surface area contributed by atoms with Crippen molar-refractivity contribution in [2.45, 2.75) is 90.4 Å². The van der Waals surface area contributed by atoms with Crippen LogP contribution in [0.4, 0.5) is 0 Å². The summed E-state index contributed by atoms with van der Waals surface area (Å²) < 4.78 is 5.19. The van der Waals surface area contributed by atoms with Gasteiger partial charge in [-0.25, -0.2) is 0 Å². The molecule has 146 valence electrons. The molecule has 1 heterocycles. The van der Waals surface area contributed by atoms with Crippen LogP contribution in [0.3, 0.4) is 0 Å². The van der Waals surface area contributed by atoms with E-state index in [2.05, 4.69) is 18.0 Å². The first-order chi connectivity index (χ1) is 12.8. The quantitative estimate of drug-likeness (QED) is 0.509. The lowest BCUT2D eigenvalue weighted by Crippen LogP contribution is -2.18. The molecule has 0 aromatic carbocycles. The zero-order chi connectivity index (χ0) is 18.2. The van der Waals surface area contributed by atoms with Gasteiger partial charge < -0.3 is 4.74 Å². The van der Waals surface area contributed by atoms with E-state index in [-0.39, 0.29) is 0 Å². The number of methoxy groups -OCH3 is 1. The molecule has 0 atom stereocenters. The lowest BCUT2D eigenvalue weighted by molar-refractivity contribution is 0.211. The van der Waals surface area contributed by atoms with Gasteiger partial charge in [0.05, 0.1) is 13.3 Å². The molecule has 2 nitrogen and oxygen atoms in total. The maximum absolute atomic E-state index is 5.19. The summed E-state index contributed by atoms with van der Waals surface area (Å²) in [5.41, 5.74) is 1.22. The van der Waals surface area contributed by atoms with Gasteiger partial charge in [0.1, 0.15) is 5.75 Å². The molecule has 1 aromatic rings. The first-order valence-electron chi connectivity index (χ1n) is 11.3. The molecule has 2 saturated carbocycles. The van der Waals surface area contributed by atoms with Crippen LogP contribution in [-0.4, -0.2) is 12.1 Å². The van der Waals surface area contributed by atoms with Gasteiger partial charge >= 0.3 is 0 Å². The topological polar surface area (TPSA) is 22.1 Å². The second-order valence-electron chi connectivity index (χ2n) is 8.99. The number of aryl methyl sites for hydroxylation is 1. The summed E-state index contributed by atoms with van der Waals surface area (Å²) in [7, 11) is 1.70. The number of nitrogens with zero attached hydrogens (tertiary/aromatic N) is 1. The Morgan fingerprint density at radius 3 is 1.81 bits per heavy atom. The number of ether oxygens (including phenoxy) is 1. The van der Waals surface area contributed by atoms with E-state index in [1.54, 1.807) is 7.11 Å². The Kier molecular flexibility index (Phi) is 7.83. The van der Waals surface area contributed by atoms with Crippen LogP contribution in [-0.2, 0) is 6.42 Å². The highest BCUT2D eigenvalue weighted by Gasteiger charge is 2.24. The van der Waals surface area contributed by atoms with E-state index in [1.807, 2.05) is 12.3 Å². The van der Waals surface area contributed by atoms with Crippen LogP contribution in [0, 0.1) is 23.7 Å². The van der Waals surface area contributed by atoms with E-state index in [0.717, 1.165) is 35.8 Å². The summed E-state index contributed by atoms with van der Waals surface area (Å²) in [6, 6.07) is 4.16. The highest BCUT2D eigenvalue weighted by Crippen LogP contribution is 2.38. The molecule has 0 unspecified atom stereocenters. The molecular formula is C24H39NO. The lowest BCUT2D eigenvalue weighted by Gasteiger charge is -2.31. The predicted octanol–water partition coefficient (Wildman–Crippen LogP) is 6.83. The van der Waals surface area contributed by atoms with Crippen molar-refractivity contribution in [3.8, 4) is 5.75 Å². The van der Waals surface area contributed by atoms with Crippen LogP contribution in [0.15, 0.2) is 18.3 Å². The van der Waals surface area contributed by atoms with Gasteiger partial charge in [-0.2, -0.15) is 0 Å². The minimum atomic E-state index is 0.859. The minimum Gasteiger partial charge on any atom is -0.495 e. The molecule has 0 amide bonds. The van der Waals surface area contributed by atoms with E-state index in [9.17, 15) is 0 Å². The summed E-state index contributed by atoms with van der Waals surface area (Å²) in [5.74, 6) is 4.90. The summed E-state index contributed by atoms with van der Waals surface area (Å²) in [6.45, 7) is 2.37. The van der Waals surface area contributed by atoms with Gasteiger partial charge in [0.15, 0.2) is 0 Å². The first kappa shape index (κ1) is 19.7. The molecule has 0 saturated heterocycles. The smallest absolute Gasteiger partial charge is 0.137 e. The molecule has 2 aliphatic rings. The number of aromatic nitrogens is 1. The van der Waals surface area contributed by atoms with Gasteiger partial charge in [0.2, 0.25) is 0 Å². The third kappa shape index (κ3) is 5.99. The number of hydrogen-bond donors (Lipinski definition) is 0. The number of pyridine rings is 1. The fourth-order valence-corrected chi connectivity index (χ4v) is 5.24. The van der Waals surface area contributed by atoms with Crippen LogP contribution in [0.5, 0.6) is 5.75 Å². The van der Waals surface area contributed by atoms with Gasteiger partial charge in [-0.3, -0.25) is 4.98 Å². The third-order valence-electron chi connectivity index (χ3n) is 7.34. The van der Waals surface area contributed by atoms with E-state index in [0.29, 0.717) is 0 Å². The molecule has 26 heavy (non-hydrogen) atoms. The van der Waals surface area contributed by atoms with Crippen LogP contribution in [0.25, 0.3) is 0 Å². The molecule has 0 bridgehead atoms. The van der Waals surface area contributed by atoms with Crippen molar-refractivity contribution in [2.75, 3.05) is 7.11 Å². The predicted molar refractivity (Wildman–Crippen MR) is 110 cm³/mol. The molecule has 0 aliphatic heterocycles. The molecule has 2 heteroatoms. The zero-order valence-electron chi connectivity index (χ0n) is 17.1. The van der Waals surface area contributed by atoms with Crippen molar-refractivity contribution in [3.05, 3.63) is 24.0 Å². The highest BCUT2D eigenvalue weighted by atomic mass is 16.5. The third-order valence-corrected chi connectivity index (χ3v) is 7.34. The van der Waals surface area contributed by atoms with Crippen LogP contribution in [0.1, 0.15) is 89.7 Å². The Morgan fingerprint density at radius 2 is 1.35 bits per heavy atom. The molecule has 1 aromatic heterocycles. The zero-order valence-corrected chi connectivity index (χ0v) is 17.1. The largest absolute Gasteiger partial charge is 0.495 e. The molecule has 0 N–H and O–H groups in total. The van der Waals surface area contributed by atoms with Gasteiger partial charge in [0.25, 0.3) is 0 Å². The fourth-order valence-electron chi connectivity index (χ4n) is 5.24. The molecule has 0 radical (unpaired) electrons. The summed E-state index contributed by atoms with van der Waals surface area (Å²) >= 11 is 0. The highest BCUT2D eigenvalue weighted by molar-refractivity contribution is 5.19. The van der Waals surface area contributed by atoms with Crippen molar-refractivity contribution in [1.82, 2.24) is 4.98 Å². The molecule has 2 aliphatic carbocycles. The van der Waals surface area contributed by atoms with E-state index >= 15 is 0 Å². The van der Waals surface area contributed by atoms with Gasteiger partial charge in [0, 0.05) is 5.69 Å². The van der Waals surface area contributed by atoms with Gasteiger partial charge in [-0.15, -0.1) is 0 Å². The molecular weight excluding hydrogens is 318 g/mol. The van der Waals surface area contributed by atoms with Crippen molar-refractivity contribution >= 4 is 0 Å². The summed E-state index contributed by atoms with van der Waals surface area (Å²) in [5, 5.41) is 0. The fraction of sp³-hybridized carbons (Fsp3) is 0.792. The molecule has 2 fully saturated rings. The SMILES string of the molecule is CC[C@H]1CC[C@H](CC[C@H]2CC[C@H](CCc3ccc(OC)cn3)CC2)CC1. The first-order valence-corrected chi connectivity index (χ1v) is 11.3. The number of hydrogen-bond acceptors (Lipinski definition) is 2. The monoisotopic (exact) mass is 357 g/mol. The maximum Gasteiger partial charge on any atom is 0.137 e. The van der Waals surface area contributed by atoms with Crippen LogP contribution >= 0.6 is 0 Å². The van der Waals surface area contributed by atoms with Crippen molar-refractivity contribution in [2.24, 2.45) is 23.7 Å². The van der Waals surface area contributed by atoms with E-state index < -0.39 is 0 Å². The van der Waals surface area contributed by atoms with Gasteiger partial charge in [-0.1, -0.05) is 77.6 Å². The Labute approximate surface area is 161 Å². The van der Waals surface area contributed by atoms with Crippen LogP contribution < -0.4 is 4.74 Å². The second-order valence-corrected chi connectivity index (χ2v) is 8.99. The minimum absolute atomic E-state index is 0.859. The Bertz CT molecular complexity index is 495. The normalized spacial score (nSPS) is 29.5. The van der Waals surface area contributed by atoms with Crippen molar-refractivity contribution < 1.29 is 4.74 Å². The van der Waals surface area contributed by atoms with E-state index in [1.165, 1.54) is 82.7 Å². The van der Waals surface area contributed by atoms with Crippen LogP contribution in [0.2, 0.25) is 0 Å². The standard InChI is InChI=1S/C24H39NO/c1-3-19-4-6-20(7-5-19)8-9-21-10-12-22(13-11-21)14-15-23-16-17-24(26-2)18-25-23/h16-22H,3-15H2,1-2H3/t19-,20-,21-,22-. The number of rotatable bonds is 8. The average Bonchev–Trinajstić information content (AvgIpc) is 2.72. The second kappa shape index (κ2) is 10.3. The Balaban J connectivity index is 1.29. The summed E-state index contributed by atoms with van der Waals surface area (Å²) in [6.07, 6.45) is 20.6. The van der Waals surface area contributed by atoms with Crippen molar-refractivity contribution in [1.29, 1.82) is 0 Å². The average molecular weight is 358 g/mol. The molecule has 3 rings (SSSR count). The summed E-state index contributed by atoms with van der Waals surface area (Å²) in [4.78, 5) is 4.52. The van der Waals surface area contributed by atoms with Gasteiger partial charge in [-0.05, 0) is 48.6 Å². The van der Waals surface area contributed by atoms with E-state index in [4.69, 9.17) is 4.74 Å². The Hall–Kier alpha value is -1.05. The van der Waals surface area contributed by atoms with Crippen molar-refractivity contribution in [3.63, 3.8) is 0 Å². The maximum atomic E-state index is 5.19.